The maximum Gasteiger partial charge on any atom is 0.416 e. The summed E-state index contributed by atoms with van der Waals surface area (Å²) in [7, 11) is 0. The third-order valence-electron chi connectivity index (χ3n) is 4.60. The van der Waals surface area contributed by atoms with Crippen LogP contribution < -0.4 is 0 Å². The van der Waals surface area contributed by atoms with Crippen molar-refractivity contribution in [3.8, 4) is 5.69 Å². The highest BCUT2D eigenvalue weighted by molar-refractivity contribution is 6.16. The molecule has 2 heterocycles. The van der Waals surface area contributed by atoms with Crippen LogP contribution in [0.25, 0.3) is 5.69 Å². The highest BCUT2D eigenvalue weighted by atomic mass is 19.4. The molecule has 0 atom stereocenters. The standard InChI is InChI=1S/C19H15F3N4O4/c1-2-29-18(28)15-14(17(30-24-15)10-3-4-10)16(27)12-6-5-11(19(20,21)22)9-13(12)26-8-7-23-25-26/h5-10H,2-4H2,1H3. The molecule has 0 radical (unpaired) electrons. The minimum atomic E-state index is -4.62. The first-order valence-electron chi connectivity index (χ1n) is 9.10. The van der Waals surface area contributed by atoms with E-state index in [1.807, 2.05) is 0 Å². The molecule has 0 spiro atoms. The fourth-order valence-corrected chi connectivity index (χ4v) is 3.05. The van der Waals surface area contributed by atoms with Gasteiger partial charge in [-0.1, -0.05) is 10.4 Å². The summed E-state index contributed by atoms with van der Waals surface area (Å²) in [5, 5.41) is 11.0. The van der Waals surface area contributed by atoms with Gasteiger partial charge in [0.05, 0.1) is 30.3 Å². The Balaban J connectivity index is 1.86. The molecule has 0 bridgehead atoms. The number of hydrogen-bond donors (Lipinski definition) is 0. The van der Waals surface area contributed by atoms with Gasteiger partial charge in [-0.2, -0.15) is 13.2 Å². The van der Waals surface area contributed by atoms with Crippen LogP contribution in [-0.2, 0) is 10.9 Å². The number of halogens is 3. The molecule has 2 aromatic heterocycles. The molecular formula is C19H15F3N4O4. The first-order chi connectivity index (χ1) is 14.3. The van der Waals surface area contributed by atoms with Gasteiger partial charge in [0.15, 0.2) is 5.76 Å². The van der Waals surface area contributed by atoms with Gasteiger partial charge in [-0.3, -0.25) is 4.79 Å². The Bertz CT molecular complexity index is 1100. The minimum Gasteiger partial charge on any atom is -0.461 e. The van der Waals surface area contributed by atoms with Crippen molar-refractivity contribution >= 4 is 11.8 Å². The van der Waals surface area contributed by atoms with Gasteiger partial charge < -0.3 is 9.26 Å². The maximum absolute atomic E-state index is 13.4. The summed E-state index contributed by atoms with van der Waals surface area (Å²) < 4.78 is 50.9. The van der Waals surface area contributed by atoms with E-state index in [1.54, 1.807) is 6.92 Å². The van der Waals surface area contributed by atoms with Crippen molar-refractivity contribution in [2.45, 2.75) is 31.9 Å². The van der Waals surface area contributed by atoms with Gasteiger partial charge in [0, 0.05) is 11.5 Å². The molecule has 0 unspecified atom stereocenters. The molecular weight excluding hydrogens is 405 g/mol. The summed E-state index contributed by atoms with van der Waals surface area (Å²) in [6.07, 6.45) is -0.535. The zero-order chi connectivity index (χ0) is 21.5. The molecule has 8 nitrogen and oxygen atoms in total. The normalized spacial score (nSPS) is 14.0. The Morgan fingerprint density at radius 1 is 1.30 bits per heavy atom. The molecule has 3 aromatic rings. The molecule has 0 amide bonds. The summed E-state index contributed by atoms with van der Waals surface area (Å²) in [6.45, 7) is 1.66. The van der Waals surface area contributed by atoms with Gasteiger partial charge in [0.25, 0.3) is 0 Å². The molecule has 1 aliphatic carbocycles. The lowest BCUT2D eigenvalue weighted by atomic mass is 9.96. The van der Waals surface area contributed by atoms with Crippen LogP contribution in [0.4, 0.5) is 13.2 Å². The summed E-state index contributed by atoms with van der Waals surface area (Å²) in [6, 6.07) is 2.64. The van der Waals surface area contributed by atoms with E-state index in [2.05, 4.69) is 15.5 Å². The molecule has 11 heteroatoms. The Morgan fingerprint density at radius 2 is 2.07 bits per heavy atom. The molecule has 156 valence electrons. The van der Waals surface area contributed by atoms with Crippen LogP contribution in [0, 0.1) is 0 Å². The Kier molecular flexibility index (Phi) is 4.88. The van der Waals surface area contributed by atoms with Crippen LogP contribution in [0.1, 0.15) is 63.4 Å². The summed E-state index contributed by atoms with van der Waals surface area (Å²) in [5.41, 5.74) is -1.60. The Hall–Kier alpha value is -3.50. The van der Waals surface area contributed by atoms with Crippen molar-refractivity contribution in [2.75, 3.05) is 6.61 Å². The molecule has 30 heavy (non-hydrogen) atoms. The van der Waals surface area contributed by atoms with Crippen LogP contribution >= 0.6 is 0 Å². The zero-order valence-electron chi connectivity index (χ0n) is 15.6. The summed E-state index contributed by atoms with van der Waals surface area (Å²) in [5.74, 6) is -1.40. The van der Waals surface area contributed by atoms with E-state index < -0.39 is 23.5 Å². The first kappa shape index (κ1) is 19.8. The number of aromatic nitrogens is 4. The highest BCUT2D eigenvalue weighted by Gasteiger charge is 2.39. The van der Waals surface area contributed by atoms with Gasteiger partial charge >= 0.3 is 12.1 Å². The number of ketones is 1. The van der Waals surface area contributed by atoms with Crippen molar-refractivity contribution < 1.29 is 32.0 Å². The molecule has 4 rings (SSSR count). The van der Waals surface area contributed by atoms with Gasteiger partial charge in [0.1, 0.15) is 5.56 Å². The number of rotatable bonds is 6. The van der Waals surface area contributed by atoms with E-state index in [1.165, 1.54) is 12.4 Å². The van der Waals surface area contributed by atoms with Crippen molar-refractivity contribution in [3.63, 3.8) is 0 Å². The number of carbonyl (C=O) groups excluding carboxylic acids is 2. The predicted octanol–water partition coefficient (Wildman–Crippen LogP) is 3.56. The van der Waals surface area contributed by atoms with Gasteiger partial charge in [-0.05, 0) is 38.0 Å². The molecule has 1 aliphatic rings. The number of carbonyl (C=O) groups is 2. The molecule has 1 aromatic carbocycles. The van der Waals surface area contributed by atoms with Crippen LogP contribution in [0.2, 0.25) is 0 Å². The van der Waals surface area contributed by atoms with Crippen LogP contribution in [0.5, 0.6) is 0 Å². The number of alkyl halides is 3. The molecule has 1 saturated carbocycles. The van der Waals surface area contributed by atoms with Gasteiger partial charge in [-0.15, -0.1) is 5.10 Å². The number of benzene rings is 1. The number of nitrogens with zero attached hydrogens (tertiary/aromatic N) is 4. The Labute approximate surface area is 167 Å². The first-order valence-corrected chi connectivity index (χ1v) is 9.10. The van der Waals surface area contributed by atoms with E-state index in [-0.39, 0.29) is 40.8 Å². The lowest BCUT2D eigenvalue weighted by Crippen LogP contribution is -2.16. The highest BCUT2D eigenvalue weighted by Crippen LogP contribution is 2.43. The smallest absolute Gasteiger partial charge is 0.416 e. The fourth-order valence-electron chi connectivity index (χ4n) is 3.05. The molecule has 0 saturated heterocycles. The number of hydrogen-bond acceptors (Lipinski definition) is 7. The number of ether oxygens (including phenoxy) is 1. The average Bonchev–Trinajstić information content (AvgIpc) is 3.23. The minimum absolute atomic E-state index is 0.0581. The van der Waals surface area contributed by atoms with Crippen LogP contribution in [0.3, 0.4) is 0 Å². The van der Waals surface area contributed by atoms with E-state index >= 15 is 0 Å². The van der Waals surface area contributed by atoms with E-state index in [0.29, 0.717) is 0 Å². The van der Waals surface area contributed by atoms with Crippen molar-refractivity contribution in [1.29, 1.82) is 0 Å². The van der Waals surface area contributed by atoms with Gasteiger partial charge in [-0.25, -0.2) is 9.48 Å². The van der Waals surface area contributed by atoms with Crippen molar-refractivity contribution in [3.05, 3.63) is 58.7 Å². The lowest BCUT2D eigenvalue weighted by Gasteiger charge is -2.13. The second-order valence-corrected chi connectivity index (χ2v) is 6.67. The quantitative estimate of drug-likeness (QED) is 0.444. The number of esters is 1. The molecule has 0 N–H and O–H groups in total. The molecule has 0 aliphatic heterocycles. The van der Waals surface area contributed by atoms with E-state index in [0.717, 1.165) is 35.7 Å². The van der Waals surface area contributed by atoms with Crippen LogP contribution in [-0.4, -0.2) is 38.5 Å². The van der Waals surface area contributed by atoms with Crippen LogP contribution in [0.15, 0.2) is 35.1 Å². The maximum atomic E-state index is 13.4. The summed E-state index contributed by atoms with van der Waals surface area (Å²) >= 11 is 0. The fraction of sp³-hybridized carbons (Fsp3) is 0.316. The predicted molar refractivity (Wildman–Crippen MR) is 94.2 cm³/mol. The third-order valence-corrected chi connectivity index (χ3v) is 4.60. The summed E-state index contributed by atoms with van der Waals surface area (Å²) in [4.78, 5) is 25.7. The topological polar surface area (TPSA) is 100 Å². The lowest BCUT2D eigenvalue weighted by molar-refractivity contribution is -0.137. The SMILES string of the molecule is CCOC(=O)c1noc(C2CC2)c1C(=O)c1ccc(C(F)(F)F)cc1-n1ccnn1. The van der Waals surface area contributed by atoms with Crippen molar-refractivity contribution in [2.24, 2.45) is 0 Å². The average molecular weight is 420 g/mol. The second kappa shape index (κ2) is 7.39. The Morgan fingerprint density at radius 3 is 2.67 bits per heavy atom. The van der Waals surface area contributed by atoms with E-state index in [4.69, 9.17) is 9.26 Å². The largest absolute Gasteiger partial charge is 0.461 e. The van der Waals surface area contributed by atoms with Crippen molar-refractivity contribution in [1.82, 2.24) is 20.2 Å². The monoisotopic (exact) mass is 420 g/mol. The second-order valence-electron chi connectivity index (χ2n) is 6.67. The third kappa shape index (κ3) is 3.58. The molecule has 1 fully saturated rings. The van der Waals surface area contributed by atoms with E-state index in [9.17, 15) is 22.8 Å². The van der Waals surface area contributed by atoms with Gasteiger partial charge in [0.2, 0.25) is 11.5 Å². The zero-order valence-corrected chi connectivity index (χ0v) is 15.6.